The van der Waals surface area contributed by atoms with Crippen molar-refractivity contribution in [1.29, 1.82) is 0 Å². The number of aryl methyl sites for hydroxylation is 2. The zero-order chi connectivity index (χ0) is 44.6. The summed E-state index contributed by atoms with van der Waals surface area (Å²) in [6.07, 6.45) is 21.8. The quantitative estimate of drug-likeness (QED) is 0.0837. The number of fused-ring (bicyclic) bond motifs is 3. The van der Waals surface area contributed by atoms with E-state index in [1.54, 1.807) is 11.6 Å². The Balaban J connectivity index is 0.000000168. The van der Waals surface area contributed by atoms with Crippen LogP contribution in [0.1, 0.15) is 140 Å². The molecule has 15 nitrogen and oxygen atoms in total. The number of hydrogen-bond donors (Lipinski definition) is 2. The highest BCUT2D eigenvalue weighted by Crippen LogP contribution is 2.58. The summed E-state index contributed by atoms with van der Waals surface area (Å²) in [5.74, 6) is 1.74. The highest BCUT2D eigenvalue weighted by Gasteiger charge is 2.62. The number of amides is 3. The van der Waals surface area contributed by atoms with Gasteiger partial charge in [-0.3, -0.25) is 38.6 Å². The first-order valence-corrected chi connectivity index (χ1v) is 25.1. The number of anilines is 2. The Morgan fingerprint density at radius 2 is 1.69 bits per heavy atom. The van der Waals surface area contributed by atoms with E-state index in [-0.39, 0.29) is 23.4 Å². The SMILES string of the molecule is CC1CCCC1N1C(=O)C2(CC2)c2cnc(NC3CCN(SN4CCC5(CCCN5C)C4)CC3)nc21.Cn1c(=O)n(C2CCC(=O)NC2=O)c2cccc(CCCCCCCC=O)c21. The molecule has 2 N–H and O–H groups in total. The molecule has 346 valence electrons. The van der Waals surface area contributed by atoms with E-state index in [4.69, 9.17) is 9.97 Å². The van der Waals surface area contributed by atoms with Crippen LogP contribution in [0.2, 0.25) is 0 Å². The maximum atomic E-state index is 13.5. The average Bonchev–Trinajstić information content (AvgIpc) is 3.45. The molecule has 64 heavy (non-hydrogen) atoms. The lowest BCUT2D eigenvalue weighted by atomic mass is 9.96. The number of imide groups is 1. The van der Waals surface area contributed by atoms with Gasteiger partial charge >= 0.3 is 5.69 Å². The molecule has 3 amide bonds. The number of carbonyl (C=O) groups excluding carboxylic acids is 4. The van der Waals surface area contributed by atoms with Crippen molar-refractivity contribution in [2.24, 2.45) is 13.0 Å². The topological polar surface area (TPSA) is 158 Å². The number of likely N-dealkylation sites (tertiary alicyclic amines) is 1. The van der Waals surface area contributed by atoms with Gasteiger partial charge in [-0.15, -0.1) is 0 Å². The average molecular weight is 897 g/mol. The predicted molar refractivity (Wildman–Crippen MR) is 250 cm³/mol. The molecule has 5 aliphatic heterocycles. The number of nitrogens with zero attached hydrogens (tertiary/aromatic N) is 8. The number of benzene rings is 1. The lowest BCUT2D eigenvalue weighted by molar-refractivity contribution is -0.135. The third kappa shape index (κ3) is 8.80. The highest BCUT2D eigenvalue weighted by atomic mass is 32.2. The summed E-state index contributed by atoms with van der Waals surface area (Å²) >= 11 is 1.97. The molecule has 1 aromatic carbocycles. The van der Waals surface area contributed by atoms with Crippen molar-refractivity contribution in [3.8, 4) is 0 Å². The Morgan fingerprint density at radius 1 is 0.891 bits per heavy atom. The fourth-order valence-electron chi connectivity index (χ4n) is 11.8. The summed E-state index contributed by atoms with van der Waals surface area (Å²) in [7, 11) is 4.04. The molecule has 4 unspecified atom stereocenters. The van der Waals surface area contributed by atoms with Gasteiger partial charge in [-0.05, 0) is 115 Å². The summed E-state index contributed by atoms with van der Waals surface area (Å²) in [5.41, 5.74) is 3.67. The van der Waals surface area contributed by atoms with Crippen molar-refractivity contribution in [1.82, 2.24) is 37.9 Å². The molecule has 0 bridgehead atoms. The predicted octanol–water partition coefficient (Wildman–Crippen LogP) is 6.05. The highest BCUT2D eigenvalue weighted by molar-refractivity contribution is 7.94. The van der Waals surface area contributed by atoms with Gasteiger partial charge in [0.15, 0.2) is 0 Å². The van der Waals surface area contributed by atoms with Gasteiger partial charge < -0.3 is 10.1 Å². The van der Waals surface area contributed by atoms with E-state index in [1.165, 1.54) is 56.3 Å². The number of likely N-dealkylation sites (N-methyl/N-ethyl adjacent to an activating group) is 1. The van der Waals surface area contributed by atoms with Crippen LogP contribution in [-0.4, -0.2) is 114 Å². The number of imidazole rings is 1. The van der Waals surface area contributed by atoms with E-state index in [9.17, 15) is 24.0 Å². The van der Waals surface area contributed by atoms with Crippen LogP contribution in [0.15, 0.2) is 29.2 Å². The molecular weight excluding hydrogens is 829 g/mol. The third-order valence-electron chi connectivity index (χ3n) is 15.8. The molecule has 10 rings (SSSR count). The Labute approximate surface area is 381 Å². The number of aromatic nitrogens is 4. The molecule has 2 aromatic heterocycles. The summed E-state index contributed by atoms with van der Waals surface area (Å²) in [5, 5.41) is 5.98. The van der Waals surface area contributed by atoms with E-state index in [0.717, 1.165) is 118 Å². The van der Waals surface area contributed by atoms with Gasteiger partial charge in [-0.25, -0.2) is 18.4 Å². The first-order chi connectivity index (χ1) is 31.0. The van der Waals surface area contributed by atoms with E-state index < -0.39 is 11.9 Å². The molecule has 2 spiro atoms. The Hall–Kier alpha value is -4.12. The number of rotatable bonds is 14. The molecular formula is C48H68N10O5S. The standard InChI is InChI=1S/C27H41N7OS.C21H27N3O4/c1-19-5-3-6-22(19)34-23-21(27(10-11-27)24(34)35)17-28-25(30-23)29-20-7-14-32(15-8-20)36-33-16-12-26(18-33)9-4-13-31(26)2;1-23-19-15(9-6-4-2-3-5-7-14-25)10-8-11-16(19)24(21(23)28)17-12-13-18(26)22-20(17)27/h17,19-20,22H,3-16,18H2,1-2H3,(H,28,29,30);8,10-11,14,17H,2-7,9,12-13H2,1H3,(H,22,26,27). The van der Waals surface area contributed by atoms with E-state index in [1.807, 2.05) is 36.5 Å². The molecule has 7 heterocycles. The van der Waals surface area contributed by atoms with Gasteiger partial charge in [0.2, 0.25) is 23.7 Å². The zero-order valence-electron chi connectivity index (χ0n) is 38.2. The summed E-state index contributed by atoms with van der Waals surface area (Å²) in [6.45, 7) is 8.12. The first kappa shape index (κ1) is 45.1. The van der Waals surface area contributed by atoms with Crippen molar-refractivity contribution < 1.29 is 19.2 Å². The Morgan fingerprint density at radius 3 is 2.41 bits per heavy atom. The van der Waals surface area contributed by atoms with Gasteiger partial charge in [0, 0.05) is 87.6 Å². The van der Waals surface area contributed by atoms with Crippen LogP contribution in [0.3, 0.4) is 0 Å². The molecule has 3 aromatic rings. The van der Waals surface area contributed by atoms with Crippen LogP contribution in [0, 0.1) is 5.92 Å². The molecule has 4 atom stereocenters. The molecule has 2 aliphatic carbocycles. The lowest BCUT2D eigenvalue weighted by Crippen LogP contribution is -2.44. The van der Waals surface area contributed by atoms with Crippen molar-refractivity contribution in [3.05, 3.63) is 46.0 Å². The minimum Gasteiger partial charge on any atom is -0.351 e. The van der Waals surface area contributed by atoms with Gasteiger partial charge in [0.1, 0.15) is 18.1 Å². The molecule has 7 aliphatic rings. The van der Waals surface area contributed by atoms with Gasteiger partial charge in [-0.1, -0.05) is 44.7 Å². The van der Waals surface area contributed by atoms with Crippen molar-refractivity contribution in [3.63, 3.8) is 0 Å². The van der Waals surface area contributed by atoms with Gasteiger partial charge in [-0.2, -0.15) is 4.98 Å². The largest absolute Gasteiger partial charge is 0.351 e. The van der Waals surface area contributed by atoms with Crippen LogP contribution < -0.4 is 21.2 Å². The summed E-state index contributed by atoms with van der Waals surface area (Å²) < 4.78 is 8.29. The molecule has 6 fully saturated rings. The van der Waals surface area contributed by atoms with Gasteiger partial charge in [0.05, 0.1) is 16.4 Å². The Kier molecular flexibility index (Phi) is 13.4. The Bertz CT molecular complexity index is 2290. The monoisotopic (exact) mass is 897 g/mol. The van der Waals surface area contributed by atoms with Crippen LogP contribution >= 0.6 is 12.1 Å². The zero-order valence-corrected chi connectivity index (χ0v) is 39.0. The fraction of sp³-hybridized carbons (Fsp3) is 0.688. The van der Waals surface area contributed by atoms with Crippen molar-refractivity contribution in [2.75, 3.05) is 50.0 Å². The maximum Gasteiger partial charge on any atom is 0.329 e. The minimum absolute atomic E-state index is 0.231. The number of nitrogens with one attached hydrogen (secondary N) is 2. The van der Waals surface area contributed by atoms with Crippen LogP contribution in [0.25, 0.3) is 11.0 Å². The van der Waals surface area contributed by atoms with Crippen LogP contribution in [0.5, 0.6) is 0 Å². The van der Waals surface area contributed by atoms with E-state index >= 15 is 0 Å². The number of carbonyl (C=O) groups is 4. The van der Waals surface area contributed by atoms with E-state index in [0.29, 0.717) is 48.2 Å². The molecule has 4 saturated heterocycles. The van der Waals surface area contributed by atoms with Crippen LogP contribution in [0.4, 0.5) is 11.8 Å². The minimum atomic E-state index is -0.651. The second kappa shape index (κ2) is 19.0. The number of piperidine rings is 2. The lowest BCUT2D eigenvalue weighted by Gasteiger charge is -2.35. The fourth-order valence-corrected chi connectivity index (χ4v) is 12.9. The van der Waals surface area contributed by atoms with Crippen molar-refractivity contribution >= 4 is 58.9 Å². The summed E-state index contributed by atoms with van der Waals surface area (Å²) in [6, 6.07) is 5.85. The third-order valence-corrected chi connectivity index (χ3v) is 16.9. The number of aldehydes is 1. The van der Waals surface area contributed by atoms with Crippen molar-refractivity contribution in [2.45, 2.75) is 158 Å². The number of unbranched alkanes of at least 4 members (excludes halogenated alkanes) is 5. The number of para-hydroxylation sites is 1. The number of hydrogen-bond acceptors (Lipinski definition) is 12. The summed E-state index contributed by atoms with van der Waals surface area (Å²) in [4.78, 5) is 74.8. The first-order valence-electron chi connectivity index (χ1n) is 24.3. The normalized spacial score (nSPS) is 27.1. The molecule has 0 radical (unpaired) electrons. The molecule has 16 heteroatoms. The van der Waals surface area contributed by atoms with E-state index in [2.05, 4.69) is 43.0 Å². The van der Waals surface area contributed by atoms with Gasteiger partial charge in [0.25, 0.3) is 0 Å². The second-order valence-electron chi connectivity index (χ2n) is 19.9. The molecule has 2 saturated carbocycles. The van der Waals surface area contributed by atoms with Crippen LogP contribution in [-0.2, 0) is 38.1 Å². The second-order valence-corrected chi connectivity index (χ2v) is 21.1. The smallest absolute Gasteiger partial charge is 0.329 e. The maximum absolute atomic E-state index is 13.5.